The largest absolute Gasteiger partial charge is 0.542 e. The van der Waals surface area contributed by atoms with E-state index in [0.717, 1.165) is 0 Å². The first-order valence-electron chi connectivity index (χ1n) is 4.05. The molecule has 0 saturated carbocycles. The molecule has 0 heterocycles. The minimum Gasteiger partial charge on any atom is -0.542 e. The van der Waals surface area contributed by atoms with Crippen molar-refractivity contribution < 1.29 is 14.0 Å². The number of hydrogen-bond donors (Lipinski definition) is 0. The molecule has 0 amide bonds. The molecule has 0 unspecified atom stereocenters. The van der Waals surface area contributed by atoms with Crippen molar-refractivity contribution in [2.75, 3.05) is 0 Å². The first-order valence-corrected chi connectivity index (χ1v) is 7.46. The second kappa shape index (κ2) is 3.30. The van der Waals surface area contributed by atoms with Gasteiger partial charge in [0, 0.05) is 6.08 Å². The Labute approximate surface area is 78.2 Å². The molecule has 1 aliphatic carbocycles. The van der Waals surface area contributed by atoms with E-state index in [0.29, 0.717) is 0 Å². The second-order valence-corrected chi connectivity index (χ2v) is 8.25. The monoisotopic (exact) mass is 196 g/mol. The van der Waals surface area contributed by atoms with Gasteiger partial charge in [0.05, 0.1) is 0 Å². The van der Waals surface area contributed by atoms with Crippen LogP contribution in [0.25, 0.3) is 0 Å². The van der Waals surface area contributed by atoms with Crippen LogP contribution in [0, 0.1) is 0 Å². The molecule has 0 bridgehead atoms. The van der Waals surface area contributed by atoms with Crippen LogP contribution in [0.5, 0.6) is 0 Å². The van der Waals surface area contributed by atoms with Crippen molar-refractivity contribution in [1.29, 1.82) is 0 Å². The number of allylic oxidation sites excluding steroid dienone is 3. The lowest BCUT2D eigenvalue weighted by atomic mass is 10.1. The van der Waals surface area contributed by atoms with E-state index in [2.05, 4.69) is 0 Å². The first kappa shape index (κ1) is 9.92. The van der Waals surface area contributed by atoms with Gasteiger partial charge in [0.25, 0.3) is 0 Å². The van der Waals surface area contributed by atoms with Gasteiger partial charge in [-0.15, -0.1) is 0 Å². The summed E-state index contributed by atoms with van der Waals surface area (Å²) in [6.07, 6.45) is 3.75. The van der Waals surface area contributed by atoms with E-state index in [1.165, 1.54) is 18.2 Å². The maximum absolute atomic E-state index is 11.2. The third kappa shape index (κ3) is 2.99. The van der Waals surface area contributed by atoms with E-state index >= 15 is 0 Å². The minimum absolute atomic E-state index is 0.187. The highest BCUT2D eigenvalue weighted by Crippen LogP contribution is 2.14. The second-order valence-electron chi connectivity index (χ2n) is 3.82. The van der Waals surface area contributed by atoms with Crippen LogP contribution in [-0.4, -0.2) is 19.9 Å². The van der Waals surface area contributed by atoms with E-state index < -0.39 is 8.32 Å². The van der Waals surface area contributed by atoms with Crippen LogP contribution in [0.15, 0.2) is 24.0 Å². The molecular formula is C9H12O3Si. The van der Waals surface area contributed by atoms with Gasteiger partial charge < -0.3 is 4.43 Å². The summed E-state index contributed by atoms with van der Waals surface area (Å²) in [5, 5.41) is 0. The van der Waals surface area contributed by atoms with Crippen LogP contribution >= 0.6 is 0 Å². The van der Waals surface area contributed by atoms with E-state index in [-0.39, 0.29) is 17.3 Å². The summed E-state index contributed by atoms with van der Waals surface area (Å²) in [5.74, 6) is -0.221. The lowest BCUT2D eigenvalue weighted by Crippen LogP contribution is -2.28. The van der Waals surface area contributed by atoms with Crippen LogP contribution in [0.4, 0.5) is 0 Å². The summed E-state index contributed by atoms with van der Waals surface area (Å²) in [4.78, 5) is 22.1. The van der Waals surface area contributed by atoms with Gasteiger partial charge >= 0.3 is 0 Å². The van der Waals surface area contributed by atoms with Gasteiger partial charge in [-0.2, -0.15) is 0 Å². The van der Waals surface area contributed by atoms with Gasteiger partial charge in [0.2, 0.25) is 14.1 Å². The fourth-order valence-corrected chi connectivity index (χ4v) is 1.72. The Morgan fingerprint density at radius 2 is 1.77 bits per heavy atom. The number of carbonyl (C=O) groups is 2. The predicted molar refractivity (Wildman–Crippen MR) is 51.7 cm³/mol. The zero-order valence-electron chi connectivity index (χ0n) is 7.96. The molecule has 0 aliphatic heterocycles. The Hall–Kier alpha value is -1.16. The third-order valence-corrected chi connectivity index (χ3v) is 2.16. The molecule has 1 aliphatic rings. The highest BCUT2D eigenvalue weighted by molar-refractivity contribution is 6.70. The number of rotatable bonds is 2. The van der Waals surface area contributed by atoms with Gasteiger partial charge in [-0.05, 0) is 31.8 Å². The zero-order valence-corrected chi connectivity index (χ0v) is 8.96. The van der Waals surface area contributed by atoms with Crippen molar-refractivity contribution in [3.05, 3.63) is 24.0 Å². The number of hydrogen-bond acceptors (Lipinski definition) is 3. The van der Waals surface area contributed by atoms with Gasteiger partial charge in [-0.3, -0.25) is 9.59 Å². The fraction of sp³-hybridized carbons (Fsp3) is 0.333. The fourth-order valence-electron chi connectivity index (χ4n) is 0.898. The van der Waals surface area contributed by atoms with E-state index in [9.17, 15) is 9.59 Å². The van der Waals surface area contributed by atoms with E-state index in [1.54, 1.807) is 0 Å². The quantitative estimate of drug-likeness (QED) is 0.495. The molecule has 3 nitrogen and oxygen atoms in total. The molecule has 0 spiro atoms. The maximum Gasteiger partial charge on any atom is 0.242 e. The standard InChI is InChI=1S/C9H12O3Si/c1-13(2,3)12-9-6-7(10)4-5-8(9)11/h4-6H,1-3H3. The Bertz CT molecular complexity index is 307. The molecule has 0 aromatic carbocycles. The average Bonchev–Trinajstić information content (AvgIpc) is 1.94. The number of carbonyl (C=O) groups excluding carboxylic acids is 2. The molecule has 0 N–H and O–H groups in total. The molecule has 70 valence electrons. The van der Waals surface area contributed by atoms with Crippen molar-refractivity contribution in [3.63, 3.8) is 0 Å². The topological polar surface area (TPSA) is 43.4 Å². The van der Waals surface area contributed by atoms with E-state index in [4.69, 9.17) is 4.43 Å². The van der Waals surface area contributed by atoms with Crippen LogP contribution in [0.2, 0.25) is 19.6 Å². The predicted octanol–water partition coefficient (Wildman–Crippen LogP) is 1.43. The van der Waals surface area contributed by atoms with Gasteiger partial charge in [-0.25, -0.2) is 0 Å². The van der Waals surface area contributed by atoms with Crippen LogP contribution in [0.1, 0.15) is 0 Å². The Morgan fingerprint density at radius 1 is 1.15 bits per heavy atom. The molecule has 0 atom stereocenters. The normalized spacial score (nSPS) is 17.3. The van der Waals surface area contributed by atoms with E-state index in [1.807, 2.05) is 19.6 Å². The Balaban J connectivity index is 2.80. The highest BCUT2D eigenvalue weighted by Gasteiger charge is 2.22. The summed E-state index contributed by atoms with van der Waals surface area (Å²) in [6.45, 7) is 5.89. The third-order valence-electron chi connectivity index (χ3n) is 1.33. The first-order chi connectivity index (χ1) is 5.88. The molecule has 0 fully saturated rings. The lowest BCUT2D eigenvalue weighted by molar-refractivity contribution is -0.116. The lowest BCUT2D eigenvalue weighted by Gasteiger charge is -2.20. The summed E-state index contributed by atoms with van der Waals surface area (Å²) in [5.41, 5.74) is 0. The Morgan fingerprint density at radius 3 is 2.31 bits per heavy atom. The smallest absolute Gasteiger partial charge is 0.242 e. The van der Waals surface area contributed by atoms with Crippen LogP contribution in [0.3, 0.4) is 0 Å². The average molecular weight is 196 g/mol. The van der Waals surface area contributed by atoms with Crippen molar-refractivity contribution in [3.8, 4) is 0 Å². The minimum atomic E-state index is -1.79. The molecule has 0 aromatic heterocycles. The van der Waals surface area contributed by atoms with Gasteiger partial charge in [0.15, 0.2) is 11.5 Å². The molecular weight excluding hydrogens is 184 g/mol. The van der Waals surface area contributed by atoms with Crippen molar-refractivity contribution in [2.24, 2.45) is 0 Å². The van der Waals surface area contributed by atoms with Gasteiger partial charge in [0.1, 0.15) is 0 Å². The van der Waals surface area contributed by atoms with Crippen molar-refractivity contribution in [2.45, 2.75) is 19.6 Å². The summed E-state index contributed by atoms with van der Waals surface area (Å²) < 4.78 is 5.44. The molecule has 0 aromatic rings. The molecule has 0 radical (unpaired) electrons. The molecule has 13 heavy (non-hydrogen) atoms. The van der Waals surface area contributed by atoms with Crippen molar-refractivity contribution >= 4 is 19.9 Å². The Kier molecular flexibility index (Phi) is 2.52. The maximum atomic E-state index is 11.2. The summed E-state index contributed by atoms with van der Waals surface area (Å²) >= 11 is 0. The molecule has 1 rings (SSSR count). The SMILES string of the molecule is C[Si](C)(C)OC1=CC(=O)C=CC1=O. The van der Waals surface area contributed by atoms with Crippen LogP contribution in [-0.2, 0) is 14.0 Å². The van der Waals surface area contributed by atoms with Crippen molar-refractivity contribution in [1.82, 2.24) is 0 Å². The summed E-state index contributed by atoms with van der Waals surface area (Å²) in [6, 6.07) is 0. The van der Waals surface area contributed by atoms with Crippen LogP contribution < -0.4 is 0 Å². The summed E-state index contributed by atoms with van der Waals surface area (Å²) in [7, 11) is -1.79. The highest BCUT2D eigenvalue weighted by atomic mass is 28.4. The number of ketones is 2. The molecule has 4 heteroatoms. The zero-order chi connectivity index (χ0) is 10.1. The van der Waals surface area contributed by atoms with Gasteiger partial charge in [-0.1, -0.05) is 0 Å². The molecule has 0 saturated heterocycles.